The van der Waals surface area contributed by atoms with Crippen molar-refractivity contribution in [3.8, 4) is 0 Å². The summed E-state index contributed by atoms with van der Waals surface area (Å²) in [5, 5.41) is 0. The van der Waals surface area contributed by atoms with Crippen molar-refractivity contribution < 1.29 is 9.18 Å². The molecule has 0 N–H and O–H groups in total. The SMILES string of the molecule is CCCN(CC)c1cc(C)c(F)cc1C(C)=O. The van der Waals surface area contributed by atoms with Crippen molar-refractivity contribution in [2.24, 2.45) is 0 Å². The van der Waals surface area contributed by atoms with Gasteiger partial charge in [0.15, 0.2) is 5.78 Å². The van der Waals surface area contributed by atoms with Gasteiger partial charge in [-0.2, -0.15) is 0 Å². The number of nitrogens with zero attached hydrogens (tertiary/aromatic N) is 1. The summed E-state index contributed by atoms with van der Waals surface area (Å²) in [6, 6.07) is 3.12. The maximum absolute atomic E-state index is 13.5. The fraction of sp³-hybridized carbons (Fsp3) is 0.500. The maximum Gasteiger partial charge on any atom is 0.161 e. The molecule has 0 amide bonds. The van der Waals surface area contributed by atoms with Gasteiger partial charge in [0, 0.05) is 24.3 Å². The largest absolute Gasteiger partial charge is 0.371 e. The van der Waals surface area contributed by atoms with Gasteiger partial charge in [-0.15, -0.1) is 0 Å². The second kappa shape index (κ2) is 5.80. The molecule has 1 rings (SSSR count). The van der Waals surface area contributed by atoms with E-state index in [0.29, 0.717) is 11.1 Å². The van der Waals surface area contributed by atoms with Crippen molar-refractivity contribution in [2.75, 3.05) is 18.0 Å². The predicted molar refractivity (Wildman–Crippen MR) is 69.3 cm³/mol. The first-order valence-corrected chi connectivity index (χ1v) is 6.07. The van der Waals surface area contributed by atoms with E-state index < -0.39 is 0 Å². The van der Waals surface area contributed by atoms with Crippen molar-refractivity contribution in [3.63, 3.8) is 0 Å². The number of ketones is 1. The highest BCUT2D eigenvalue weighted by atomic mass is 19.1. The lowest BCUT2D eigenvalue weighted by molar-refractivity contribution is 0.101. The molecule has 94 valence electrons. The lowest BCUT2D eigenvalue weighted by atomic mass is 10.0. The zero-order chi connectivity index (χ0) is 13.0. The van der Waals surface area contributed by atoms with Crippen LogP contribution in [0.4, 0.5) is 10.1 Å². The van der Waals surface area contributed by atoms with Gasteiger partial charge in [0.05, 0.1) is 0 Å². The third kappa shape index (κ3) is 3.05. The fourth-order valence-corrected chi connectivity index (χ4v) is 1.93. The summed E-state index contributed by atoms with van der Waals surface area (Å²) in [6.45, 7) is 9.03. The smallest absolute Gasteiger partial charge is 0.161 e. The molecule has 0 bridgehead atoms. The highest BCUT2D eigenvalue weighted by Crippen LogP contribution is 2.25. The highest BCUT2D eigenvalue weighted by molar-refractivity contribution is 5.99. The van der Waals surface area contributed by atoms with Crippen LogP contribution in [0.25, 0.3) is 0 Å². The Hall–Kier alpha value is -1.38. The van der Waals surface area contributed by atoms with Crippen LogP contribution < -0.4 is 4.90 Å². The van der Waals surface area contributed by atoms with Gasteiger partial charge in [-0.25, -0.2) is 4.39 Å². The Labute approximate surface area is 102 Å². The van der Waals surface area contributed by atoms with Gasteiger partial charge in [0.2, 0.25) is 0 Å². The molecular weight excluding hydrogens is 217 g/mol. The Morgan fingerprint density at radius 2 is 2.00 bits per heavy atom. The van der Waals surface area contributed by atoms with Crippen molar-refractivity contribution >= 4 is 11.5 Å². The third-order valence-corrected chi connectivity index (χ3v) is 2.87. The number of carbonyl (C=O) groups is 1. The monoisotopic (exact) mass is 237 g/mol. The van der Waals surface area contributed by atoms with Crippen LogP contribution in [0.15, 0.2) is 12.1 Å². The lowest BCUT2D eigenvalue weighted by Gasteiger charge is -2.25. The van der Waals surface area contributed by atoms with Crippen LogP contribution in [0.3, 0.4) is 0 Å². The maximum atomic E-state index is 13.5. The molecule has 0 unspecified atom stereocenters. The van der Waals surface area contributed by atoms with Gasteiger partial charge >= 0.3 is 0 Å². The number of Topliss-reactive ketones (excluding diaryl/α,β-unsaturated/α-hetero) is 1. The van der Waals surface area contributed by atoms with E-state index in [0.717, 1.165) is 25.2 Å². The molecule has 1 aromatic rings. The van der Waals surface area contributed by atoms with E-state index in [-0.39, 0.29) is 11.6 Å². The van der Waals surface area contributed by atoms with Crippen LogP contribution >= 0.6 is 0 Å². The van der Waals surface area contributed by atoms with E-state index in [4.69, 9.17) is 0 Å². The summed E-state index contributed by atoms with van der Waals surface area (Å²) in [7, 11) is 0. The number of rotatable bonds is 5. The molecule has 0 aromatic heterocycles. The van der Waals surface area contributed by atoms with Crippen LogP contribution in [-0.2, 0) is 0 Å². The lowest BCUT2D eigenvalue weighted by Crippen LogP contribution is -2.25. The Morgan fingerprint density at radius 1 is 1.35 bits per heavy atom. The van der Waals surface area contributed by atoms with E-state index in [1.165, 1.54) is 13.0 Å². The molecule has 0 spiro atoms. The van der Waals surface area contributed by atoms with E-state index in [9.17, 15) is 9.18 Å². The standard InChI is InChI=1S/C14H20FNO/c1-5-7-16(6-2)14-8-10(3)13(15)9-12(14)11(4)17/h8-9H,5-7H2,1-4H3. The zero-order valence-electron chi connectivity index (χ0n) is 11.0. The number of benzene rings is 1. The van der Waals surface area contributed by atoms with E-state index in [1.54, 1.807) is 13.0 Å². The minimum Gasteiger partial charge on any atom is -0.371 e. The molecule has 17 heavy (non-hydrogen) atoms. The quantitative estimate of drug-likeness (QED) is 0.730. The van der Waals surface area contributed by atoms with Crippen molar-refractivity contribution in [1.82, 2.24) is 0 Å². The van der Waals surface area contributed by atoms with Gasteiger partial charge in [-0.05, 0) is 44.9 Å². The summed E-state index contributed by atoms with van der Waals surface area (Å²) in [6.07, 6.45) is 1.00. The molecule has 0 fully saturated rings. The molecule has 0 aliphatic carbocycles. The fourth-order valence-electron chi connectivity index (χ4n) is 1.93. The Morgan fingerprint density at radius 3 is 2.47 bits per heavy atom. The number of anilines is 1. The first-order chi connectivity index (χ1) is 8.01. The molecule has 0 radical (unpaired) electrons. The second-order valence-electron chi connectivity index (χ2n) is 4.25. The minimum atomic E-state index is -0.313. The molecule has 0 saturated carbocycles. The van der Waals surface area contributed by atoms with Crippen LogP contribution in [0.5, 0.6) is 0 Å². The van der Waals surface area contributed by atoms with Crippen LogP contribution in [0.2, 0.25) is 0 Å². The first kappa shape index (κ1) is 13.7. The van der Waals surface area contributed by atoms with Gasteiger partial charge in [-0.1, -0.05) is 6.92 Å². The van der Waals surface area contributed by atoms with E-state index in [2.05, 4.69) is 11.8 Å². The van der Waals surface area contributed by atoms with E-state index in [1.807, 2.05) is 6.92 Å². The van der Waals surface area contributed by atoms with Crippen molar-refractivity contribution in [3.05, 3.63) is 29.1 Å². The van der Waals surface area contributed by atoms with Crippen molar-refractivity contribution in [2.45, 2.75) is 34.1 Å². The minimum absolute atomic E-state index is 0.0894. The topological polar surface area (TPSA) is 20.3 Å². The van der Waals surface area contributed by atoms with Crippen LogP contribution in [0.1, 0.15) is 43.1 Å². The first-order valence-electron chi connectivity index (χ1n) is 6.07. The van der Waals surface area contributed by atoms with Crippen LogP contribution in [-0.4, -0.2) is 18.9 Å². The third-order valence-electron chi connectivity index (χ3n) is 2.87. The Bertz CT molecular complexity index is 415. The molecule has 2 nitrogen and oxygen atoms in total. The number of aryl methyl sites for hydroxylation is 1. The van der Waals surface area contributed by atoms with Gasteiger partial charge in [-0.3, -0.25) is 4.79 Å². The Balaban J connectivity index is 3.28. The zero-order valence-corrected chi connectivity index (χ0v) is 11.0. The van der Waals surface area contributed by atoms with Crippen LogP contribution in [0, 0.1) is 12.7 Å². The molecule has 0 atom stereocenters. The number of carbonyl (C=O) groups excluding carboxylic acids is 1. The normalized spacial score (nSPS) is 10.4. The number of hydrogen-bond acceptors (Lipinski definition) is 2. The number of halogens is 1. The van der Waals surface area contributed by atoms with Gasteiger partial charge < -0.3 is 4.90 Å². The molecule has 1 aromatic carbocycles. The summed E-state index contributed by atoms with van der Waals surface area (Å²) < 4.78 is 13.5. The molecule has 0 aliphatic heterocycles. The van der Waals surface area contributed by atoms with Crippen molar-refractivity contribution in [1.29, 1.82) is 0 Å². The molecular formula is C14H20FNO. The molecule has 3 heteroatoms. The highest BCUT2D eigenvalue weighted by Gasteiger charge is 2.15. The molecule has 0 saturated heterocycles. The average molecular weight is 237 g/mol. The predicted octanol–water partition coefficient (Wildman–Crippen LogP) is 3.57. The summed E-state index contributed by atoms with van der Waals surface area (Å²) in [5.41, 5.74) is 1.91. The van der Waals surface area contributed by atoms with E-state index >= 15 is 0 Å². The Kier molecular flexibility index (Phi) is 4.67. The summed E-state index contributed by atoms with van der Waals surface area (Å²) in [5.74, 6) is -0.403. The molecule has 0 heterocycles. The second-order valence-corrected chi connectivity index (χ2v) is 4.25. The summed E-state index contributed by atoms with van der Waals surface area (Å²) in [4.78, 5) is 13.7. The summed E-state index contributed by atoms with van der Waals surface area (Å²) >= 11 is 0. The molecule has 0 aliphatic rings. The van der Waals surface area contributed by atoms with Gasteiger partial charge in [0.25, 0.3) is 0 Å². The average Bonchev–Trinajstić information content (AvgIpc) is 2.29. The van der Waals surface area contributed by atoms with Gasteiger partial charge in [0.1, 0.15) is 5.82 Å². The number of hydrogen-bond donors (Lipinski definition) is 0.